The van der Waals surface area contributed by atoms with E-state index in [1.807, 2.05) is 34.0 Å². The van der Waals surface area contributed by atoms with Crippen molar-refractivity contribution in [3.05, 3.63) is 157 Å². The van der Waals surface area contributed by atoms with Crippen molar-refractivity contribution in [3.8, 4) is 33.4 Å². The van der Waals surface area contributed by atoms with Crippen molar-refractivity contribution in [2.24, 2.45) is 0 Å². The van der Waals surface area contributed by atoms with Gasteiger partial charge in [-0.1, -0.05) is 103 Å². The predicted molar refractivity (Wildman–Crippen MR) is 219 cm³/mol. The molecule has 8 aromatic carbocycles. The van der Waals surface area contributed by atoms with Gasteiger partial charge in [-0.25, -0.2) is 0 Å². The summed E-state index contributed by atoms with van der Waals surface area (Å²) in [5.74, 6) is 0. The Hall–Kier alpha value is -5.32. The largest absolute Gasteiger partial charge is 0.143 e. The Morgan fingerprint density at radius 1 is 0.306 bits per heavy atom. The number of fused-ring (bicyclic) bond motifs is 9. The number of hydrogen-bond donors (Lipinski definition) is 0. The van der Waals surface area contributed by atoms with Crippen molar-refractivity contribution in [2.45, 2.75) is 0 Å². The van der Waals surface area contributed by atoms with E-state index in [9.17, 15) is 0 Å². The third-order valence-electron chi connectivity index (χ3n) is 10.1. The van der Waals surface area contributed by atoms with Gasteiger partial charge < -0.3 is 0 Å². The fraction of sp³-hybridized carbons (Fsp3) is 0. The molecule has 3 heterocycles. The molecule has 0 aliphatic heterocycles. The van der Waals surface area contributed by atoms with Crippen LogP contribution in [0.25, 0.3) is 105 Å². The van der Waals surface area contributed by atoms with Crippen molar-refractivity contribution in [3.63, 3.8) is 0 Å². The lowest BCUT2D eigenvalue weighted by Gasteiger charge is -2.09. The molecular weight excluding hydrogens is 649 g/mol. The zero-order valence-electron chi connectivity index (χ0n) is 26.2. The fourth-order valence-corrected chi connectivity index (χ4v) is 11.2. The van der Waals surface area contributed by atoms with Gasteiger partial charge in [0, 0.05) is 24.9 Å². The highest BCUT2D eigenvalue weighted by atomic mass is 32.1. The van der Waals surface area contributed by atoms with E-state index in [2.05, 4.69) is 157 Å². The monoisotopic (exact) mass is 674 g/mol. The van der Waals surface area contributed by atoms with Gasteiger partial charge in [-0.15, -0.1) is 34.0 Å². The van der Waals surface area contributed by atoms with Crippen LogP contribution in [0.4, 0.5) is 0 Å². The number of rotatable bonds is 3. The smallest absolute Gasteiger partial charge is 0.0542 e. The van der Waals surface area contributed by atoms with Gasteiger partial charge >= 0.3 is 0 Å². The SMILES string of the molecule is c1ccc2cc3c(cc2c1)sc1c2cc4ccc(-c5ccc6cc(-c7ccc(-c8cccc9ccsc89)cc7)ccc6c5)cc4cc2sc31. The Kier molecular flexibility index (Phi) is 5.97. The molecule has 0 radical (unpaired) electrons. The maximum absolute atomic E-state index is 2.40. The molecule has 228 valence electrons. The van der Waals surface area contributed by atoms with E-state index in [4.69, 9.17) is 0 Å². The highest BCUT2D eigenvalue weighted by Crippen LogP contribution is 2.46. The third-order valence-corrected chi connectivity index (χ3v) is 13.6. The molecule has 3 aromatic heterocycles. The van der Waals surface area contributed by atoms with Crippen LogP contribution in [0.1, 0.15) is 0 Å². The second kappa shape index (κ2) is 10.6. The second-order valence-electron chi connectivity index (χ2n) is 13.0. The van der Waals surface area contributed by atoms with Crippen LogP contribution in [0.2, 0.25) is 0 Å². The summed E-state index contributed by atoms with van der Waals surface area (Å²) in [5, 5.41) is 14.0. The van der Waals surface area contributed by atoms with Crippen LogP contribution < -0.4 is 0 Å². The van der Waals surface area contributed by atoms with Gasteiger partial charge in [0.05, 0.1) is 9.40 Å². The molecule has 0 atom stereocenters. The topological polar surface area (TPSA) is 0 Å². The predicted octanol–water partition coefficient (Wildman–Crippen LogP) is 14.9. The van der Waals surface area contributed by atoms with Gasteiger partial charge in [0.25, 0.3) is 0 Å². The van der Waals surface area contributed by atoms with E-state index >= 15 is 0 Å². The summed E-state index contributed by atoms with van der Waals surface area (Å²) in [6.07, 6.45) is 0. The molecule has 49 heavy (non-hydrogen) atoms. The molecule has 0 saturated heterocycles. The highest BCUT2D eigenvalue weighted by Gasteiger charge is 2.14. The standard InChI is InChI=1S/C46H26S3/c1-2-5-31-25-42-40(23-30(31)4-1)45-46(48-42)41-24-37-17-16-36(22-38(37)26-43(41)49-45)35-15-14-33-20-32(12-13-34(33)21-35)27-8-10-28(11-9-27)39-7-3-6-29-18-19-47-44(29)39/h1-26H. The summed E-state index contributed by atoms with van der Waals surface area (Å²) in [5.41, 5.74) is 7.56. The second-order valence-corrected chi connectivity index (χ2v) is 16.0. The minimum atomic E-state index is 1.24. The zero-order chi connectivity index (χ0) is 32.1. The Balaban J connectivity index is 0.928. The van der Waals surface area contributed by atoms with Gasteiger partial charge in [-0.05, 0) is 125 Å². The average molecular weight is 675 g/mol. The minimum Gasteiger partial charge on any atom is -0.143 e. The molecule has 0 amide bonds. The van der Waals surface area contributed by atoms with Crippen LogP contribution in [0.5, 0.6) is 0 Å². The average Bonchev–Trinajstić information content (AvgIpc) is 3.87. The number of benzene rings is 8. The number of thiophene rings is 3. The van der Waals surface area contributed by atoms with Crippen LogP contribution in [0.3, 0.4) is 0 Å². The van der Waals surface area contributed by atoms with E-state index in [0.29, 0.717) is 0 Å². The molecule has 0 saturated carbocycles. The van der Waals surface area contributed by atoms with Gasteiger partial charge in [0.15, 0.2) is 0 Å². The van der Waals surface area contributed by atoms with E-state index in [-0.39, 0.29) is 0 Å². The van der Waals surface area contributed by atoms with E-state index < -0.39 is 0 Å². The first-order valence-corrected chi connectivity index (χ1v) is 19.1. The first kappa shape index (κ1) is 27.6. The summed E-state index contributed by atoms with van der Waals surface area (Å²) in [6, 6.07) is 56.7. The lowest BCUT2D eigenvalue weighted by molar-refractivity contribution is 1.62. The van der Waals surface area contributed by atoms with Gasteiger partial charge in [-0.2, -0.15) is 0 Å². The highest BCUT2D eigenvalue weighted by molar-refractivity contribution is 7.36. The maximum atomic E-state index is 2.40. The molecule has 11 rings (SSSR count). The normalized spacial score (nSPS) is 12.1. The number of hydrogen-bond acceptors (Lipinski definition) is 3. The molecular formula is C46H26S3. The zero-order valence-corrected chi connectivity index (χ0v) is 28.7. The van der Waals surface area contributed by atoms with E-state index in [0.717, 1.165) is 0 Å². The Labute approximate surface area is 294 Å². The lowest BCUT2D eigenvalue weighted by Crippen LogP contribution is -1.83. The van der Waals surface area contributed by atoms with Crippen molar-refractivity contribution in [1.82, 2.24) is 0 Å². The minimum absolute atomic E-state index is 1.24. The van der Waals surface area contributed by atoms with Gasteiger partial charge in [-0.3, -0.25) is 0 Å². The molecule has 0 fully saturated rings. The summed E-state index contributed by atoms with van der Waals surface area (Å²) in [7, 11) is 0. The first-order valence-electron chi connectivity index (χ1n) is 16.5. The van der Waals surface area contributed by atoms with Crippen molar-refractivity contribution in [2.75, 3.05) is 0 Å². The molecule has 0 aliphatic rings. The van der Waals surface area contributed by atoms with Crippen LogP contribution in [0.15, 0.2) is 157 Å². The maximum Gasteiger partial charge on any atom is 0.0542 e. The van der Waals surface area contributed by atoms with Gasteiger partial charge in [0.2, 0.25) is 0 Å². The molecule has 0 bridgehead atoms. The van der Waals surface area contributed by atoms with Crippen molar-refractivity contribution in [1.29, 1.82) is 0 Å². The lowest BCUT2D eigenvalue weighted by atomic mass is 9.95. The van der Waals surface area contributed by atoms with Crippen molar-refractivity contribution >= 4 is 106 Å². The van der Waals surface area contributed by atoms with Crippen LogP contribution in [-0.4, -0.2) is 0 Å². The van der Waals surface area contributed by atoms with E-state index in [1.165, 1.54) is 105 Å². The fourth-order valence-electron chi connectivity index (χ4n) is 7.53. The van der Waals surface area contributed by atoms with Crippen LogP contribution >= 0.6 is 34.0 Å². The Morgan fingerprint density at radius 2 is 0.796 bits per heavy atom. The molecule has 0 aliphatic carbocycles. The summed E-state index contributed by atoms with van der Waals surface area (Å²) < 4.78 is 6.92. The van der Waals surface area contributed by atoms with E-state index in [1.54, 1.807) is 0 Å². The Morgan fingerprint density at radius 3 is 1.47 bits per heavy atom. The molecule has 0 spiro atoms. The van der Waals surface area contributed by atoms with Crippen LogP contribution in [0, 0.1) is 0 Å². The molecule has 11 aromatic rings. The molecule has 0 nitrogen and oxygen atoms in total. The molecule has 3 heteroatoms. The van der Waals surface area contributed by atoms with Crippen LogP contribution in [-0.2, 0) is 0 Å². The summed E-state index contributed by atoms with van der Waals surface area (Å²) >= 11 is 5.68. The third kappa shape index (κ3) is 4.40. The summed E-state index contributed by atoms with van der Waals surface area (Å²) in [6.45, 7) is 0. The Bertz CT molecular complexity index is 3100. The molecule has 0 unspecified atom stereocenters. The molecule has 0 N–H and O–H groups in total. The quantitative estimate of drug-likeness (QED) is 0.175. The summed E-state index contributed by atoms with van der Waals surface area (Å²) in [4.78, 5) is 0. The van der Waals surface area contributed by atoms with Gasteiger partial charge in [0.1, 0.15) is 0 Å². The first-order chi connectivity index (χ1) is 24.2. The van der Waals surface area contributed by atoms with Crippen molar-refractivity contribution < 1.29 is 0 Å².